The maximum absolute atomic E-state index is 11.0. The van der Waals surface area contributed by atoms with Gasteiger partial charge in [0.2, 0.25) is 0 Å². The molecule has 1 aromatic carbocycles. The summed E-state index contributed by atoms with van der Waals surface area (Å²) in [6.07, 6.45) is 3.57. The maximum atomic E-state index is 11.0. The zero-order valence-corrected chi connectivity index (χ0v) is 12.8. The predicted octanol–water partition coefficient (Wildman–Crippen LogP) is 3.58. The third kappa shape index (κ3) is 6.12. The standard InChI is InChI=1S/C15H18INO/c1-3-9-17(12-15(16)10-13(2)18)11-14-7-5-4-6-8-14/h3-8,10H,1,9,11-12H2,2H3/b15-10-. The van der Waals surface area contributed by atoms with E-state index in [1.165, 1.54) is 5.56 Å². The third-order valence-electron chi connectivity index (χ3n) is 2.37. The van der Waals surface area contributed by atoms with Crippen LogP contribution in [0.3, 0.4) is 0 Å². The highest BCUT2D eigenvalue weighted by Gasteiger charge is 2.06. The van der Waals surface area contributed by atoms with Crippen LogP contribution >= 0.6 is 22.6 Å². The average Bonchev–Trinajstić information content (AvgIpc) is 2.29. The summed E-state index contributed by atoms with van der Waals surface area (Å²) in [6.45, 7) is 7.81. The van der Waals surface area contributed by atoms with Crippen LogP contribution in [0.15, 0.2) is 52.6 Å². The topological polar surface area (TPSA) is 20.3 Å². The zero-order valence-electron chi connectivity index (χ0n) is 10.6. The van der Waals surface area contributed by atoms with Crippen LogP contribution in [0.4, 0.5) is 0 Å². The number of carbonyl (C=O) groups excluding carboxylic acids is 1. The van der Waals surface area contributed by atoms with E-state index in [2.05, 4.69) is 46.2 Å². The van der Waals surface area contributed by atoms with Gasteiger partial charge in [-0.1, -0.05) is 36.4 Å². The van der Waals surface area contributed by atoms with Gasteiger partial charge in [-0.05, 0) is 41.2 Å². The Bertz CT molecular complexity index is 425. The Morgan fingerprint density at radius 1 is 1.39 bits per heavy atom. The molecule has 0 N–H and O–H groups in total. The average molecular weight is 355 g/mol. The third-order valence-corrected chi connectivity index (χ3v) is 3.02. The Kier molecular flexibility index (Phi) is 6.90. The Hall–Kier alpha value is -0.940. The molecular weight excluding hydrogens is 337 g/mol. The van der Waals surface area contributed by atoms with Crippen LogP contribution in [0.1, 0.15) is 12.5 Å². The van der Waals surface area contributed by atoms with Gasteiger partial charge in [-0.2, -0.15) is 0 Å². The number of hydrogen-bond donors (Lipinski definition) is 0. The molecular formula is C15H18INO. The Morgan fingerprint density at radius 2 is 2.06 bits per heavy atom. The second-order valence-corrected chi connectivity index (χ2v) is 5.53. The number of ketones is 1. The number of nitrogens with zero attached hydrogens (tertiary/aromatic N) is 1. The fourth-order valence-electron chi connectivity index (χ4n) is 1.69. The molecule has 1 aromatic rings. The van der Waals surface area contributed by atoms with Gasteiger partial charge >= 0.3 is 0 Å². The first-order valence-corrected chi connectivity index (χ1v) is 6.93. The number of benzene rings is 1. The van der Waals surface area contributed by atoms with E-state index in [9.17, 15) is 4.79 Å². The van der Waals surface area contributed by atoms with Crippen LogP contribution in [0, 0.1) is 0 Å². The second kappa shape index (κ2) is 8.21. The number of rotatable bonds is 7. The molecule has 3 heteroatoms. The van der Waals surface area contributed by atoms with Crippen LogP contribution in [-0.4, -0.2) is 23.8 Å². The van der Waals surface area contributed by atoms with Gasteiger partial charge in [0.15, 0.2) is 5.78 Å². The molecule has 96 valence electrons. The van der Waals surface area contributed by atoms with Crippen LogP contribution in [0.25, 0.3) is 0 Å². The summed E-state index contributed by atoms with van der Waals surface area (Å²) in [5.41, 5.74) is 1.27. The fraction of sp³-hybridized carbons (Fsp3) is 0.267. The van der Waals surface area contributed by atoms with E-state index in [1.807, 2.05) is 24.3 Å². The van der Waals surface area contributed by atoms with Crippen LogP contribution in [0.5, 0.6) is 0 Å². The first-order valence-electron chi connectivity index (χ1n) is 5.85. The molecule has 0 heterocycles. The highest BCUT2D eigenvalue weighted by molar-refractivity contribution is 14.1. The molecule has 0 aliphatic heterocycles. The molecule has 1 rings (SSSR count). The highest BCUT2D eigenvalue weighted by Crippen LogP contribution is 2.12. The molecule has 18 heavy (non-hydrogen) atoms. The molecule has 0 aromatic heterocycles. The van der Waals surface area contributed by atoms with Gasteiger partial charge < -0.3 is 0 Å². The first kappa shape index (κ1) is 15.1. The van der Waals surface area contributed by atoms with Crippen molar-refractivity contribution in [3.05, 3.63) is 58.2 Å². The normalized spacial score (nSPS) is 11.6. The molecule has 0 saturated heterocycles. The van der Waals surface area contributed by atoms with Gasteiger partial charge in [-0.3, -0.25) is 9.69 Å². The van der Waals surface area contributed by atoms with Gasteiger partial charge in [0.1, 0.15) is 0 Å². The Labute approximate surface area is 123 Å². The monoisotopic (exact) mass is 355 g/mol. The van der Waals surface area contributed by atoms with E-state index >= 15 is 0 Å². The second-order valence-electron chi connectivity index (χ2n) is 4.15. The zero-order chi connectivity index (χ0) is 13.4. The lowest BCUT2D eigenvalue weighted by Crippen LogP contribution is -2.24. The van der Waals surface area contributed by atoms with Crippen molar-refractivity contribution in [3.63, 3.8) is 0 Å². The maximum Gasteiger partial charge on any atom is 0.153 e. The molecule has 0 aliphatic rings. The number of carbonyl (C=O) groups is 1. The van der Waals surface area contributed by atoms with Gasteiger partial charge in [0.05, 0.1) is 0 Å². The predicted molar refractivity (Wildman–Crippen MR) is 84.7 cm³/mol. The number of halogens is 1. The summed E-state index contributed by atoms with van der Waals surface area (Å²) < 4.78 is 1.05. The lowest BCUT2D eigenvalue weighted by Gasteiger charge is -2.20. The SMILES string of the molecule is C=CCN(C/C(I)=C/C(C)=O)Cc1ccccc1. The quantitative estimate of drug-likeness (QED) is 0.423. The Balaban J connectivity index is 2.65. The summed E-state index contributed by atoms with van der Waals surface area (Å²) in [4.78, 5) is 13.3. The molecule has 0 amide bonds. The summed E-state index contributed by atoms with van der Waals surface area (Å²) in [5.74, 6) is 0.0951. The van der Waals surface area contributed by atoms with E-state index in [0.29, 0.717) is 0 Å². The van der Waals surface area contributed by atoms with E-state index in [0.717, 1.165) is 23.2 Å². The fourth-order valence-corrected chi connectivity index (χ4v) is 2.61. The molecule has 0 bridgehead atoms. The summed E-state index contributed by atoms with van der Waals surface area (Å²) in [6, 6.07) is 10.3. The summed E-state index contributed by atoms with van der Waals surface area (Å²) >= 11 is 2.22. The van der Waals surface area contributed by atoms with Crippen molar-refractivity contribution in [2.24, 2.45) is 0 Å². The van der Waals surface area contributed by atoms with Gasteiger partial charge in [0.25, 0.3) is 0 Å². The lowest BCUT2D eigenvalue weighted by molar-refractivity contribution is -0.112. The molecule has 0 saturated carbocycles. The van der Waals surface area contributed by atoms with Crippen molar-refractivity contribution in [2.75, 3.05) is 13.1 Å². The molecule has 0 unspecified atom stereocenters. The summed E-state index contributed by atoms with van der Waals surface area (Å²) in [7, 11) is 0. The van der Waals surface area contributed by atoms with E-state index in [-0.39, 0.29) is 5.78 Å². The number of hydrogen-bond acceptors (Lipinski definition) is 2. The number of allylic oxidation sites excluding steroid dienone is 1. The van der Waals surface area contributed by atoms with Gasteiger partial charge in [0, 0.05) is 23.2 Å². The molecule has 0 spiro atoms. The Morgan fingerprint density at radius 3 is 2.61 bits per heavy atom. The van der Waals surface area contributed by atoms with Crippen molar-refractivity contribution >= 4 is 28.4 Å². The summed E-state index contributed by atoms with van der Waals surface area (Å²) in [5, 5.41) is 0. The van der Waals surface area contributed by atoms with Crippen molar-refractivity contribution in [1.29, 1.82) is 0 Å². The van der Waals surface area contributed by atoms with Gasteiger partial charge in [-0.25, -0.2) is 0 Å². The molecule has 0 atom stereocenters. The van der Waals surface area contributed by atoms with Crippen LogP contribution < -0.4 is 0 Å². The molecule has 0 radical (unpaired) electrons. The first-order chi connectivity index (χ1) is 8.61. The van der Waals surface area contributed by atoms with Gasteiger partial charge in [-0.15, -0.1) is 6.58 Å². The minimum Gasteiger partial charge on any atom is -0.295 e. The minimum absolute atomic E-state index is 0.0951. The van der Waals surface area contributed by atoms with Crippen LogP contribution in [0.2, 0.25) is 0 Å². The van der Waals surface area contributed by atoms with Crippen molar-refractivity contribution < 1.29 is 4.79 Å². The largest absolute Gasteiger partial charge is 0.295 e. The van der Waals surface area contributed by atoms with Crippen molar-refractivity contribution in [2.45, 2.75) is 13.5 Å². The molecule has 2 nitrogen and oxygen atoms in total. The lowest BCUT2D eigenvalue weighted by atomic mass is 10.2. The molecule has 0 fully saturated rings. The van der Waals surface area contributed by atoms with E-state index < -0.39 is 0 Å². The van der Waals surface area contributed by atoms with E-state index in [4.69, 9.17) is 0 Å². The highest BCUT2D eigenvalue weighted by atomic mass is 127. The smallest absolute Gasteiger partial charge is 0.153 e. The van der Waals surface area contributed by atoms with Crippen molar-refractivity contribution in [3.8, 4) is 0 Å². The molecule has 0 aliphatic carbocycles. The van der Waals surface area contributed by atoms with Crippen LogP contribution in [-0.2, 0) is 11.3 Å². The minimum atomic E-state index is 0.0951. The van der Waals surface area contributed by atoms with E-state index in [1.54, 1.807) is 13.0 Å². The van der Waals surface area contributed by atoms with Crippen molar-refractivity contribution in [1.82, 2.24) is 4.90 Å².